The van der Waals surface area contributed by atoms with Gasteiger partial charge in [0.25, 0.3) is 5.91 Å². The maximum Gasteiger partial charge on any atom is 0.255 e. The minimum Gasteiger partial charge on any atom is -0.481 e. The number of pyridine rings is 1. The number of benzene rings is 1. The van der Waals surface area contributed by atoms with Crippen molar-refractivity contribution >= 4 is 23.2 Å². The summed E-state index contributed by atoms with van der Waals surface area (Å²) < 4.78 is 5.00. The van der Waals surface area contributed by atoms with Gasteiger partial charge in [0.05, 0.1) is 19.0 Å². The summed E-state index contributed by atoms with van der Waals surface area (Å²) in [6, 6.07) is 10.6. The molecule has 1 aliphatic rings. The van der Waals surface area contributed by atoms with Gasteiger partial charge in [-0.3, -0.25) is 9.59 Å². The fourth-order valence-corrected chi connectivity index (χ4v) is 3.13. The van der Waals surface area contributed by atoms with Crippen molar-refractivity contribution in [1.82, 2.24) is 10.3 Å². The molecule has 2 aromatic rings. The third kappa shape index (κ3) is 5.04. The van der Waals surface area contributed by atoms with Gasteiger partial charge in [-0.2, -0.15) is 0 Å². The Hall–Kier alpha value is -2.93. The van der Waals surface area contributed by atoms with E-state index in [4.69, 9.17) is 4.74 Å². The first kappa shape index (κ1) is 18.8. The van der Waals surface area contributed by atoms with E-state index in [1.165, 1.54) is 13.3 Å². The van der Waals surface area contributed by atoms with Crippen molar-refractivity contribution in [2.24, 2.45) is 5.92 Å². The number of hydrogen-bond donors (Lipinski definition) is 3. The highest BCUT2D eigenvalue weighted by Gasteiger charge is 2.24. The highest BCUT2D eigenvalue weighted by atomic mass is 16.5. The SMILES string of the molecule is COc1ccc(NC(=O)c2cccc(NC(=O)[C@H]3CCN[C@@H](C)C3)c2)cn1. The number of carbonyl (C=O) groups excluding carboxylic acids is 2. The summed E-state index contributed by atoms with van der Waals surface area (Å²) in [5.41, 5.74) is 1.65. The number of amides is 2. The largest absolute Gasteiger partial charge is 0.481 e. The summed E-state index contributed by atoms with van der Waals surface area (Å²) in [4.78, 5) is 29.0. The summed E-state index contributed by atoms with van der Waals surface area (Å²) in [6.45, 7) is 2.93. The standard InChI is InChI=1S/C20H24N4O3/c1-13-10-15(8-9-21-13)20(26)23-16-5-3-4-14(11-16)19(25)24-17-6-7-18(27-2)22-12-17/h3-7,11-13,15,21H,8-10H2,1-2H3,(H,23,26)(H,24,25)/t13-,15-/m0/s1. The van der Waals surface area contributed by atoms with Gasteiger partial charge in [0, 0.05) is 29.3 Å². The zero-order valence-corrected chi connectivity index (χ0v) is 15.5. The van der Waals surface area contributed by atoms with Crippen LogP contribution in [0.5, 0.6) is 5.88 Å². The number of anilines is 2. The number of hydrogen-bond acceptors (Lipinski definition) is 5. The number of aromatic nitrogens is 1. The van der Waals surface area contributed by atoms with Crippen molar-refractivity contribution in [3.63, 3.8) is 0 Å². The highest BCUT2D eigenvalue weighted by Crippen LogP contribution is 2.20. The first-order valence-electron chi connectivity index (χ1n) is 9.01. The molecule has 0 unspecified atom stereocenters. The van der Waals surface area contributed by atoms with E-state index < -0.39 is 0 Å². The molecular weight excluding hydrogens is 344 g/mol. The molecule has 1 aromatic carbocycles. The van der Waals surface area contributed by atoms with Crippen molar-refractivity contribution in [3.8, 4) is 5.88 Å². The van der Waals surface area contributed by atoms with Gasteiger partial charge < -0.3 is 20.7 Å². The molecule has 7 heteroatoms. The van der Waals surface area contributed by atoms with E-state index in [9.17, 15) is 9.59 Å². The highest BCUT2D eigenvalue weighted by molar-refractivity contribution is 6.05. The van der Waals surface area contributed by atoms with Crippen molar-refractivity contribution < 1.29 is 14.3 Å². The van der Waals surface area contributed by atoms with E-state index in [1.807, 2.05) is 0 Å². The van der Waals surface area contributed by atoms with Crippen LogP contribution in [0.4, 0.5) is 11.4 Å². The Bertz CT molecular complexity index is 807. The molecule has 2 amide bonds. The molecule has 0 bridgehead atoms. The fraction of sp³-hybridized carbons (Fsp3) is 0.350. The average Bonchev–Trinajstić information content (AvgIpc) is 2.68. The zero-order valence-electron chi connectivity index (χ0n) is 15.5. The molecule has 2 heterocycles. The lowest BCUT2D eigenvalue weighted by Crippen LogP contribution is -2.40. The predicted molar refractivity (Wildman–Crippen MR) is 104 cm³/mol. The predicted octanol–water partition coefficient (Wildman–Crippen LogP) is 2.67. The lowest BCUT2D eigenvalue weighted by molar-refractivity contribution is -0.120. The van der Waals surface area contributed by atoms with Crippen LogP contribution in [-0.2, 0) is 4.79 Å². The van der Waals surface area contributed by atoms with Gasteiger partial charge in [0.15, 0.2) is 0 Å². The molecule has 0 aliphatic carbocycles. The average molecular weight is 368 g/mol. The first-order valence-corrected chi connectivity index (χ1v) is 9.01. The number of nitrogens with zero attached hydrogens (tertiary/aromatic N) is 1. The third-order valence-corrected chi connectivity index (χ3v) is 4.59. The molecule has 3 N–H and O–H groups in total. The van der Waals surface area contributed by atoms with Gasteiger partial charge in [-0.25, -0.2) is 4.98 Å². The fourth-order valence-electron chi connectivity index (χ4n) is 3.13. The van der Waals surface area contributed by atoms with Crippen molar-refractivity contribution in [3.05, 3.63) is 48.2 Å². The quantitative estimate of drug-likeness (QED) is 0.755. The van der Waals surface area contributed by atoms with E-state index in [1.54, 1.807) is 36.4 Å². The molecule has 1 aliphatic heterocycles. The molecule has 0 radical (unpaired) electrons. The van der Waals surface area contributed by atoms with Crippen LogP contribution in [0.3, 0.4) is 0 Å². The number of rotatable bonds is 5. The maximum absolute atomic E-state index is 12.5. The lowest BCUT2D eigenvalue weighted by Gasteiger charge is -2.27. The Morgan fingerprint density at radius 3 is 2.74 bits per heavy atom. The van der Waals surface area contributed by atoms with Gasteiger partial charge in [-0.15, -0.1) is 0 Å². The topological polar surface area (TPSA) is 92.4 Å². The van der Waals surface area contributed by atoms with Gasteiger partial charge in [0.1, 0.15) is 0 Å². The minimum atomic E-state index is -0.270. The molecule has 0 saturated carbocycles. The van der Waals surface area contributed by atoms with Crippen molar-refractivity contribution in [2.75, 3.05) is 24.3 Å². The summed E-state index contributed by atoms with van der Waals surface area (Å²) >= 11 is 0. The van der Waals surface area contributed by atoms with Crippen LogP contribution in [0.1, 0.15) is 30.1 Å². The van der Waals surface area contributed by atoms with E-state index in [0.29, 0.717) is 28.9 Å². The minimum absolute atomic E-state index is 0.000243. The molecule has 1 fully saturated rings. The summed E-state index contributed by atoms with van der Waals surface area (Å²) in [5.74, 6) is 0.197. The molecule has 142 valence electrons. The van der Waals surface area contributed by atoms with Crippen LogP contribution < -0.4 is 20.7 Å². The van der Waals surface area contributed by atoms with Crippen molar-refractivity contribution in [1.29, 1.82) is 0 Å². The molecular formula is C20H24N4O3. The maximum atomic E-state index is 12.5. The first-order chi connectivity index (χ1) is 13.0. The Labute approximate surface area is 158 Å². The van der Waals surface area contributed by atoms with Crippen molar-refractivity contribution in [2.45, 2.75) is 25.8 Å². The van der Waals surface area contributed by atoms with E-state index >= 15 is 0 Å². The summed E-state index contributed by atoms with van der Waals surface area (Å²) in [6.07, 6.45) is 3.16. The van der Waals surface area contributed by atoms with Gasteiger partial charge >= 0.3 is 0 Å². The molecule has 7 nitrogen and oxygen atoms in total. The zero-order chi connectivity index (χ0) is 19.2. The number of piperidine rings is 1. The Morgan fingerprint density at radius 1 is 1.19 bits per heavy atom. The van der Waals surface area contributed by atoms with Crippen LogP contribution >= 0.6 is 0 Å². The third-order valence-electron chi connectivity index (χ3n) is 4.59. The molecule has 3 rings (SSSR count). The number of nitrogens with one attached hydrogen (secondary N) is 3. The Kier molecular flexibility index (Phi) is 6.03. The summed E-state index contributed by atoms with van der Waals surface area (Å²) in [7, 11) is 1.53. The van der Waals surface area contributed by atoms with Gasteiger partial charge in [-0.1, -0.05) is 6.07 Å². The smallest absolute Gasteiger partial charge is 0.255 e. The van der Waals surface area contributed by atoms with Crippen LogP contribution in [0.2, 0.25) is 0 Å². The number of ether oxygens (including phenoxy) is 1. The Balaban J connectivity index is 1.63. The monoisotopic (exact) mass is 368 g/mol. The Morgan fingerprint density at radius 2 is 2.04 bits per heavy atom. The van der Waals surface area contributed by atoms with Crippen LogP contribution in [0, 0.1) is 5.92 Å². The number of methoxy groups -OCH3 is 1. The lowest BCUT2D eigenvalue weighted by atomic mass is 9.92. The number of carbonyl (C=O) groups is 2. The van der Waals surface area contributed by atoms with Crippen LogP contribution in [-0.4, -0.2) is 36.5 Å². The van der Waals surface area contributed by atoms with E-state index in [2.05, 4.69) is 27.9 Å². The van der Waals surface area contributed by atoms with Crippen LogP contribution in [0.15, 0.2) is 42.6 Å². The molecule has 1 aromatic heterocycles. The van der Waals surface area contributed by atoms with Gasteiger partial charge in [0.2, 0.25) is 11.8 Å². The second-order valence-corrected chi connectivity index (χ2v) is 6.69. The van der Waals surface area contributed by atoms with Crippen LogP contribution in [0.25, 0.3) is 0 Å². The molecule has 2 atom stereocenters. The van der Waals surface area contributed by atoms with E-state index in [0.717, 1.165) is 19.4 Å². The normalized spacial score (nSPS) is 19.2. The molecule has 27 heavy (non-hydrogen) atoms. The van der Waals surface area contributed by atoms with E-state index in [-0.39, 0.29) is 17.7 Å². The molecule has 1 saturated heterocycles. The second-order valence-electron chi connectivity index (χ2n) is 6.69. The van der Waals surface area contributed by atoms with Gasteiger partial charge in [-0.05, 0) is 50.6 Å². The second kappa shape index (κ2) is 8.64. The summed E-state index contributed by atoms with van der Waals surface area (Å²) in [5, 5.41) is 9.05. The molecule has 0 spiro atoms.